The third-order valence-electron chi connectivity index (χ3n) is 2.83. The first kappa shape index (κ1) is 15.9. The maximum absolute atomic E-state index is 11.7. The third kappa shape index (κ3) is 4.49. The zero-order valence-corrected chi connectivity index (χ0v) is 12.7. The summed E-state index contributed by atoms with van der Waals surface area (Å²) in [6.07, 6.45) is 0. The minimum atomic E-state index is -0.391. The number of ether oxygens (including phenoxy) is 1. The van der Waals surface area contributed by atoms with Crippen LogP contribution in [0.25, 0.3) is 0 Å². The molecule has 0 atom stereocenters. The monoisotopic (exact) mass is 318 g/mol. The fraction of sp³-hybridized carbons (Fsp3) is 0.125. The van der Waals surface area contributed by atoms with Crippen molar-refractivity contribution < 1.29 is 14.6 Å². The molecule has 2 rings (SSSR count). The Kier molecular flexibility index (Phi) is 5.38. The van der Waals surface area contributed by atoms with E-state index < -0.39 is 5.91 Å². The van der Waals surface area contributed by atoms with Gasteiger partial charge in [0.05, 0.1) is 10.7 Å². The second-order valence-corrected chi connectivity index (χ2v) is 4.91. The van der Waals surface area contributed by atoms with Gasteiger partial charge in [0.15, 0.2) is 6.61 Å². The number of benzene rings is 2. The van der Waals surface area contributed by atoms with Crippen molar-refractivity contribution in [2.75, 3.05) is 6.61 Å². The number of nitrogens with one attached hydrogen (secondary N) is 1. The number of phenols is 1. The highest BCUT2D eigenvalue weighted by molar-refractivity contribution is 6.32. The Bertz CT molecular complexity index is 684. The molecule has 0 spiro atoms. The van der Waals surface area contributed by atoms with Gasteiger partial charge in [0.1, 0.15) is 11.5 Å². The van der Waals surface area contributed by atoms with E-state index in [9.17, 15) is 9.90 Å². The lowest BCUT2D eigenvalue weighted by Crippen LogP contribution is -2.25. The molecule has 0 aliphatic rings. The van der Waals surface area contributed by atoms with E-state index in [1.54, 1.807) is 55.5 Å². The molecule has 5 nitrogen and oxygen atoms in total. The van der Waals surface area contributed by atoms with Gasteiger partial charge in [0, 0.05) is 0 Å². The van der Waals surface area contributed by atoms with Crippen LogP contribution in [0.4, 0.5) is 0 Å². The lowest BCUT2D eigenvalue weighted by Gasteiger charge is -2.07. The average molecular weight is 319 g/mol. The van der Waals surface area contributed by atoms with E-state index in [0.717, 1.165) is 5.56 Å². The summed E-state index contributed by atoms with van der Waals surface area (Å²) < 4.78 is 5.31. The summed E-state index contributed by atoms with van der Waals surface area (Å²) >= 11 is 5.92. The van der Waals surface area contributed by atoms with Crippen LogP contribution in [-0.4, -0.2) is 23.3 Å². The Balaban J connectivity index is 1.88. The fourth-order valence-corrected chi connectivity index (χ4v) is 1.84. The Labute approximate surface area is 133 Å². The van der Waals surface area contributed by atoms with Gasteiger partial charge in [0.2, 0.25) is 0 Å². The molecular formula is C16H15ClN2O3. The van der Waals surface area contributed by atoms with Gasteiger partial charge in [-0.05, 0) is 48.9 Å². The standard InChI is InChI=1S/C16H15ClN2O3/c1-11(12-6-8-13(20)9-7-12)18-19-16(21)10-22-15-5-3-2-4-14(15)17/h2-9,20H,10H2,1H3,(H,19,21)/b18-11-. The second-order valence-electron chi connectivity index (χ2n) is 4.50. The smallest absolute Gasteiger partial charge is 0.277 e. The quantitative estimate of drug-likeness (QED) is 0.657. The molecule has 0 unspecified atom stereocenters. The minimum absolute atomic E-state index is 0.175. The van der Waals surface area contributed by atoms with E-state index in [4.69, 9.17) is 16.3 Å². The number of para-hydroxylation sites is 1. The topological polar surface area (TPSA) is 70.9 Å². The summed E-state index contributed by atoms with van der Waals surface area (Å²) in [4.78, 5) is 11.7. The van der Waals surface area contributed by atoms with Gasteiger partial charge in [-0.1, -0.05) is 23.7 Å². The molecule has 0 aromatic heterocycles. The number of hydrogen-bond acceptors (Lipinski definition) is 4. The number of nitrogens with zero attached hydrogens (tertiary/aromatic N) is 1. The Morgan fingerprint density at radius 1 is 1.23 bits per heavy atom. The van der Waals surface area contributed by atoms with Gasteiger partial charge in [-0.15, -0.1) is 0 Å². The summed E-state index contributed by atoms with van der Waals surface area (Å²) in [7, 11) is 0. The van der Waals surface area contributed by atoms with E-state index >= 15 is 0 Å². The molecule has 0 saturated heterocycles. The van der Waals surface area contributed by atoms with Gasteiger partial charge in [-0.25, -0.2) is 5.43 Å². The van der Waals surface area contributed by atoms with Crippen LogP contribution in [0.2, 0.25) is 5.02 Å². The molecule has 1 amide bonds. The average Bonchev–Trinajstić information content (AvgIpc) is 2.52. The van der Waals surface area contributed by atoms with Gasteiger partial charge in [-0.2, -0.15) is 5.10 Å². The van der Waals surface area contributed by atoms with Gasteiger partial charge >= 0.3 is 0 Å². The zero-order chi connectivity index (χ0) is 15.9. The van der Waals surface area contributed by atoms with Crippen LogP contribution < -0.4 is 10.2 Å². The fourth-order valence-electron chi connectivity index (χ4n) is 1.65. The maximum atomic E-state index is 11.7. The lowest BCUT2D eigenvalue weighted by atomic mass is 10.1. The summed E-state index contributed by atoms with van der Waals surface area (Å²) in [5.74, 6) is 0.227. The first-order chi connectivity index (χ1) is 10.6. The number of hydrogen-bond donors (Lipinski definition) is 2. The minimum Gasteiger partial charge on any atom is -0.508 e. The molecule has 0 fully saturated rings. The first-order valence-electron chi connectivity index (χ1n) is 6.56. The first-order valence-corrected chi connectivity index (χ1v) is 6.94. The molecule has 6 heteroatoms. The molecule has 0 aliphatic heterocycles. The van der Waals surface area contributed by atoms with Crippen LogP contribution in [0.5, 0.6) is 11.5 Å². The molecule has 2 N–H and O–H groups in total. The van der Waals surface area contributed by atoms with Crippen LogP contribution in [0.1, 0.15) is 12.5 Å². The van der Waals surface area contributed by atoms with Crippen molar-refractivity contribution in [2.45, 2.75) is 6.92 Å². The van der Waals surface area contributed by atoms with E-state index in [1.807, 2.05) is 0 Å². The molecule has 0 saturated carbocycles. The molecule has 2 aromatic carbocycles. The summed E-state index contributed by atoms with van der Waals surface area (Å²) in [5.41, 5.74) is 3.82. The molecule has 22 heavy (non-hydrogen) atoms. The van der Waals surface area contributed by atoms with E-state index in [-0.39, 0.29) is 12.4 Å². The second kappa shape index (κ2) is 7.47. The Morgan fingerprint density at radius 2 is 1.91 bits per heavy atom. The van der Waals surface area contributed by atoms with Crippen molar-refractivity contribution in [3.8, 4) is 11.5 Å². The van der Waals surface area contributed by atoms with Crippen molar-refractivity contribution in [1.82, 2.24) is 5.43 Å². The highest BCUT2D eigenvalue weighted by atomic mass is 35.5. The normalized spacial score (nSPS) is 11.1. The molecule has 0 radical (unpaired) electrons. The summed E-state index contributed by atoms with van der Waals surface area (Å²) in [6, 6.07) is 13.4. The van der Waals surface area contributed by atoms with Gasteiger partial charge < -0.3 is 9.84 Å². The number of carbonyl (C=O) groups excluding carboxylic acids is 1. The number of carbonyl (C=O) groups is 1. The number of hydrazone groups is 1. The number of phenolic OH excluding ortho intramolecular Hbond substituents is 1. The van der Waals surface area contributed by atoms with Crippen LogP contribution in [0.15, 0.2) is 53.6 Å². The van der Waals surface area contributed by atoms with E-state index in [0.29, 0.717) is 16.5 Å². The maximum Gasteiger partial charge on any atom is 0.277 e. The van der Waals surface area contributed by atoms with Crippen LogP contribution in [0, 0.1) is 0 Å². The van der Waals surface area contributed by atoms with Crippen molar-refractivity contribution in [2.24, 2.45) is 5.10 Å². The summed E-state index contributed by atoms with van der Waals surface area (Å²) in [6.45, 7) is 1.57. The van der Waals surface area contributed by atoms with Gasteiger partial charge in [0.25, 0.3) is 5.91 Å². The molecule has 0 aliphatic carbocycles. The predicted molar refractivity (Wildman–Crippen MR) is 85.4 cm³/mol. The summed E-state index contributed by atoms with van der Waals surface area (Å²) in [5, 5.41) is 13.6. The highest BCUT2D eigenvalue weighted by Gasteiger charge is 2.05. The van der Waals surface area contributed by atoms with Crippen LogP contribution in [-0.2, 0) is 4.79 Å². The number of aromatic hydroxyl groups is 1. The molecule has 0 heterocycles. The van der Waals surface area contributed by atoms with E-state index in [2.05, 4.69) is 10.5 Å². The number of rotatable bonds is 5. The Morgan fingerprint density at radius 3 is 2.59 bits per heavy atom. The van der Waals surface area contributed by atoms with Crippen molar-refractivity contribution in [3.05, 3.63) is 59.1 Å². The van der Waals surface area contributed by atoms with Crippen molar-refractivity contribution in [1.29, 1.82) is 0 Å². The highest BCUT2D eigenvalue weighted by Crippen LogP contribution is 2.22. The molecule has 2 aromatic rings. The lowest BCUT2D eigenvalue weighted by molar-refractivity contribution is -0.123. The van der Waals surface area contributed by atoms with Crippen LogP contribution >= 0.6 is 11.6 Å². The molecule has 114 valence electrons. The number of amides is 1. The third-order valence-corrected chi connectivity index (χ3v) is 3.14. The Hall–Kier alpha value is -2.53. The molecule has 0 bridgehead atoms. The molecular weight excluding hydrogens is 304 g/mol. The van der Waals surface area contributed by atoms with Crippen LogP contribution in [0.3, 0.4) is 0 Å². The van der Waals surface area contributed by atoms with Gasteiger partial charge in [-0.3, -0.25) is 4.79 Å². The predicted octanol–water partition coefficient (Wildman–Crippen LogP) is 2.96. The van der Waals surface area contributed by atoms with E-state index in [1.165, 1.54) is 0 Å². The van der Waals surface area contributed by atoms with Crippen molar-refractivity contribution in [3.63, 3.8) is 0 Å². The largest absolute Gasteiger partial charge is 0.508 e. The number of halogens is 1. The van der Waals surface area contributed by atoms with Crippen molar-refractivity contribution >= 4 is 23.2 Å². The SMILES string of the molecule is C/C(=N/NC(=O)COc1ccccc1Cl)c1ccc(O)cc1. The zero-order valence-electron chi connectivity index (χ0n) is 11.9.